The van der Waals surface area contributed by atoms with E-state index in [1.165, 1.54) is 37.8 Å². The highest BCUT2D eigenvalue weighted by atomic mass is 35.5. The molecule has 21 heavy (non-hydrogen) atoms. The van der Waals surface area contributed by atoms with Gasteiger partial charge in [0.15, 0.2) is 0 Å². The minimum Gasteiger partial charge on any atom is -0.314 e. The number of aromatic nitrogens is 2. The zero-order valence-electron chi connectivity index (χ0n) is 13.8. The number of hydrogen-bond acceptors (Lipinski definition) is 2. The van der Waals surface area contributed by atoms with Gasteiger partial charge in [-0.2, -0.15) is 5.10 Å². The van der Waals surface area contributed by atoms with Crippen molar-refractivity contribution >= 4 is 11.6 Å². The summed E-state index contributed by atoms with van der Waals surface area (Å²) in [6, 6.07) is 0.685. The van der Waals surface area contributed by atoms with E-state index in [1.54, 1.807) is 0 Å². The standard InChI is InChI=1S/C17H30ClN3/c1-4-15-17(18)16(21(6-3)20-15)12-13-9-7-8-10-14(11-13)19-5-2/h13-14,19H,4-12H2,1-3H3. The van der Waals surface area contributed by atoms with E-state index in [0.717, 1.165) is 42.6 Å². The molecular formula is C17H30ClN3. The smallest absolute Gasteiger partial charge is 0.0849 e. The Kier molecular flexibility index (Phi) is 6.56. The molecule has 0 bridgehead atoms. The van der Waals surface area contributed by atoms with Crippen molar-refractivity contribution < 1.29 is 0 Å². The first kappa shape index (κ1) is 16.8. The minimum atomic E-state index is 0.685. The molecule has 3 nitrogen and oxygen atoms in total. The second-order valence-corrected chi connectivity index (χ2v) is 6.60. The molecule has 1 aliphatic carbocycles. The van der Waals surface area contributed by atoms with Crippen molar-refractivity contribution in [3.8, 4) is 0 Å². The third-order valence-corrected chi connectivity index (χ3v) is 5.14. The fourth-order valence-electron chi connectivity index (χ4n) is 3.61. The van der Waals surface area contributed by atoms with Gasteiger partial charge in [0.2, 0.25) is 0 Å². The highest BCUT2D eigenvalue weighted by Gasteiger charge is 2.23. The van der Waals surface area contributed by atoms with Crippen LogP contribution in [0.2, 0.25) is 5.02 Å². The van der Waals surface area contributed by atoms with Gasteiger partial charge < -0.3 is 5.32 Å². The summed E-state index contributed by atoms with van der Waals surface area (Å²) in [7, 11) is 0. The number of aryl methyl sites for hydroxylation is 2. The van der Waals surface area contributed by atoms with Crippen LogP contribution in [0.3, 0.4) is 0 Å². The summed E-state index contributed by atoms with van der Waals surface area (Å²) < 4.78 is 2.12. The van der Waals surface area contributed by atoms with E-state index >= 15 is 0 Å². The van der Waals surface area contributed by atoms with Crippen molar-refractivity contribution in [1.82, 2.24) is 15.1 Å². The molecule has 0 aliphatic heterocycles. The predicted octanol–water partition coefficient (Wildman–Crippen LogP) is 4.22. The molecule has 120 valence electrons. The molecule has 0 amide bonds. The Bertz CT molecular complexity index is 441. The van der Waals surface area contributed by atoms with Crippen molar-refractivity contribution in [1.29, 1.82) is 0 Å². The number of rotatable bonds is 6. The zero-order valence-corrected chi connectivity index (χ0v) is 14.5. The molecule has 1 N–H and O–H groups in total. The number of nitrogens with one attached hydrogen (secondary N) is 1. The summed E-state index contributed by atoms with van der Waals surface area (Å²) in [5, 5.41) is 9.22. The maximum absolute atomic E-state index is 6.57. The van der Waals surface area contributed by atoms with E-state index in [9.17, 15) is 0 Å². The molecule has 0 spiro atoms. The summed E-state index contributed by atoms with van der Waals surface area (Å²) in [6.07, 6.45) is 8.64. The highest BCUT2D eigenvalue weighted by molar-refractivity contribution is 6.31. The van der Waals surface area contributed by atoms with Gasteiger partial charge in [0, 0.05) is 12.6 Å². The average molecular weight is 312 g/mol. The fraction of sp³-hybridized carbons (Fsp3) is 0.824. The average Bonchev–Trinajstić information content (AvgIpc) is 2.64. The molecule has 2 atom stereocenters. The van der Waals surface area contributed by atoms with Crippen molar-refractivity contribution in [2.24, 2.45) is 5.92 Å². The Morgan fingerprint density at radius 3 is 2.67 bits per heavy atom. The third-order valence-electron chi connectivity index (χ3n) is 4.70. The van der Waals surface area contributed by atoms with Crippen LogP contribution >= 0.6 is 11.6 Å². The lowest BCUT2D eigenvalue weighted by atomic mass is 9.93. The van der Waals surface area contributed by atoms with Gasteiger partial charge in [-0.15, -0.1) is 0 Å². The molecular weight excluding hydrogens is 282 g/mol. The maximum Gasteiger partial charge on any atom is 0.0849 e. The second kappa shape index (κ2) is 8.19. The first-order valence-corrected chi connectivity index (χ1v) is 9.04. The normalized spacial score (nSPS) is 23.2. The van der Waals surface area contributed by atoms with E-state index in [4.69, 9.17) is 11.6 Å². The van der Waals surface area contributed by atoms with Gasteiger partial charge in [0.1, 0.15) is 0 Å². The Morgan fingerprint density at radius 1 is 1.24 bits per heavy atom. The van der Waals surface area contributed by atoms with Crippen LogP contribution in [0, 0.1) is 5.92 Å². The summed E-state index contributed by atoms with van der Waals surface area (Å²) in [5.74, 6) is 0.737. The molecule has 4 heteroatoms. The van der Waals surface area contributed by atoms with Crippen LogP contribution < -0.4 is 5.32 Å². The van der Waals surface area contributed by atoms with Crippen LogP contribution in [-0.4, -0.2) is 22.4 Å². The lowest BCUT2D eigenvalue weighted by molar-refractivity contribution is 0.381. The Morgan fingerprint density at radius 2 is 2.00 bits per heavy atom. The summed E-state index contributed by atoms with van der Waals surface area (Å²) in [5.41, 5.74) is 2.32. The first-order valence-electron chi connectivity index (χ1n) is 8.66. The lowest BCUT2D eigenvalue weighted by Gasteiger charge is -2.21. The fourth-order valence-corrected chi connectivity index (χ4v) is 3.95. The Balaban J connectivity index is 2.10. The highest BCUT2D eigenvalue weighted by Crippen LogP contribution is 2.30. The van der Waals surface area contributed by atoms with Crippen LogP contribution in [0.25, 0.3) is 0 Å². The Hall–Kier alpha value is -0.540. The van der Waals surface area contributed by atoms with Gasteiger partial charge in [0.05, 0.1) is 16.4 Å². The van der Waals surface area contributed by atoms with E-state index in [-0.39, 0.29) is 0 Å². The molecule has 1 aromatic rings. The largest absolute Gasteiger partial charge is 0.314 e. The van der Waals surface area contributed by atoms with Gasteiger partial charge in [-0.1, -0.05) is 44.7 Å². The van der Waals surface area contributed by atoms with Gasteiger partial charge in [-0.3, -0.25) is 4.68 Å². The SMILES string of the molecule is CCNC1CCCCC(Cc2c(Cl)c(CC)nn2CC)C1. The van der Waals surface area contributed by atoms with Gasteiger partial charge in [-0.05, 0) is 45.1 Å². The number of halogens is 1. The van der Waals surface area contributed by atoms with Crippen LogP contribution in [0.5, 0.6) is 0 Å². The lowest BCUT2D eigenvalue weighted by Crippen LogP contribution is -2.30. The quantitative estimate of drug-likeness (QED) is 0.797. The van der Waals surface area contributed by atoms with Crippen LogP contribution in [-0.2, 0) is 19.4 Å². The molecule has 2 unspecified atom stereocenters. The Labute approximate surface area is 134 Å². The van der Waals surface area contributed by atoms with Crippen molar-refractivity contribution in [3.63, 3.8) is 0 Å². The molecule has 0 aromatic carbocycles. The van der Waals surface area contributed by atoms with Crippen LogP contribution in [0.15, 0.2) is 0 Å². The second-order valence-electron chi connectivity index (χ2n) is 6.22. The van der Waals surface area contributed by atoms with Crippen LogP contribution in [0.4, 0.5) is 0 Å². The number of hydrogen-bond donors (Lipinski definition) is 1. The van der Waals surface area contributed by atoms with Crippen molar-refractivity contribution in [3.05, 3.63) is 16.4 Å². The first-order chi connectivity index (χ1) is 10.2. The van der Waals surface area contributed by atoms with Gasteiger partial charge in [-0.25, -0.2) is 0 Å². The molecule has 1 fully saturated rings. The molecule has 1 aromatic heterocycles. The molecule has 1 aliphatic rings. The van der Waals surface area contributed by atoms with Crippen molar-refractivity contribution in [2.45, 2.75) is 78.3 Å². The number of nitrogens with zero attached hydrogens (tertiary/aromatic N) is 2. The molecule has 0 saturated heterocycles. The molecule has 0 radical (unpaired) electrons. The van der Waals surface area contributed by atoms with Gasteiger partial charge >= 0.3 is 0 Å². The van der Waals surface area contributed by atoms with Gasteiger partial charge in [0.25, 0.3) is 0 Å². The molecule has 1 heterocycles. The summed E-state index contributed by atoms with van der Waals surface area (Å²) in [6.45, 7) is 8.48. The summed E-state index contributed by atoms with van der Waals surface area (Å²) >= 11 is 6.57. The third kappa shape index (κ3) is 4.23. The van der Waals surface area contributed by atoms with E-state index in [0.29, 0.717) is 6.04 Å². The minimum absolute atomic E-state index is 0.685. The molecule has 1 saturated carbocycles. The van der Waals surface area contributed by atoms with E-state index in [1.807, 2.05) is 0 Å². The predicted molar refractivity (Wildman–Crippen MR) is 90.0 cm³/mol. The van der Waals surface area contributed by atoms with Crippen molar-refractivity contribution in [2.75, 3.05) is 6.54 Å². The molecule has 2 rings (SSSR count). The van der Waals surface area contributed by atoms with Crippen LogP contribution in [0.1, 0.15) is 64.3 Å². The maximum atomic E-state index is 6.57. The monoisotopic (exact) mass is 311 g/mol. The van der Waals surface area contributed by atoms with E-state index < -0.39 is 0 Å². The summed E-state index contributed by atoms with van der Waals surface area (Å²) in [4.78, 5) is 0. The topological polar surface area (TPSA) is 29.9 Å². The zero-order chi connectivity index (χ0) is 15.2. The van der Waals surface area contributed by atoms with E-state index in [2.05, 4.69) is 35.9 Å².